The van der Waals surface area contributed by atoms with Crippen molar-refractivity contribution in [3.05, 3.63) is 64.2 Å². The lowest BCUT2D eigenvalue weighted by atomic mass is 10.2. The number of carbonyl (C=O) groups is 2. The lowest BCUT2D eigenvalue weighted by Crippen LogP contribution is -2.30. The van der Waals surface area contributed by atoms with E-state index in [4.69, 9.17) is 4.74 Å². The second-order valence-corrected chi connectivity index (χ2v) is 7.47. The first-order valence-electron chi connectivity index (χ1n) is 7.94. The summed E-state index contributed by atoms with van der Waals surface area (Å²) in [4.78, 5) is 34.4. The Kier molecular flexibility index (Phi) is 6.44. The minimum absolute atomic E-state index is 0.0497. The van der Waals surface area contributed by atoms with Crippen LogP contribution < -0.4 is 10.0 Å². The SMILES string of the molecule is CNS(=O)(=O)c1cccc(C(=O)O[C@@H](C)C(=O)Nc2cccc([N+](=O)[O-])c2)c1. The van der Waals surface area contributed by atoms with Gasteiger partial charge in [0.15, 0.2) is 6.10 Å². The molecule has 2 aromatic carbocycles. The van der Waals surface area contributed by atoms with Crippen molar-refractivity contribution >= 4 is 33.3 Å². The van der Waals surface area contributed by atoms with Gasteiger partial charge in [0.1, 0.15) is 0 Å². The summed E-state index contributed by atoms with van der Waals surface area (Å²) in [5.41, 5.74) is -0.0828. The van der Waals surface area contributed by atoms with Crippen LogP contribution in [0.25, 0.3) is 0 Å². The molecule has 2 rings (SSSR count). The average Bonchev–Trinajstić information content (AvgIpc) is 2.68. The molecule has 11 heteroatoms. The van der Waals surface area contributed by atoms with Crippen molar-refractivity contribution in [1.82, 2.24) is 4.72 Å². The van der Waals surface area contributed by atoms with Crippen LogP contribution >= 0.6 is 0 Å². The van der Waals surface area contributed by atoms with Crippen molar-refractivity contribution in [1.29, 1.82) is 0 Å². The Morgan fingerprint density at radius 2 is 1.82 bits per heavy atom. The van der Waals surface area contributed by atoms with Crippen molar-refractivity contribution in [2.75, 3.05) is 12.4 Å². The van der Waals surface area contributed by atoms with Gasteiger partial charge in [0, 0.05) is 17.8 Å². The Balaban J connectivity index is 2.08. The fourth-order valence-electron chi connectivity index (χ4n) is 2.13. The van der Waals surface area contributed by atoms with E-state index in [2.05, 4.69) is 10.0 Å². The molecule has 0 saturated carbocycles. The van der Waals surface area contributed by atoms with Gasteiger partial charge in [-0.05, 0) is 38.2 Å². The number of carbonyl (C=O) groups excluding carboxylic acids is 2. The number of esters is 1. The van der Waals surface area contributed by atoms with E-state index < -0.39 is 32.9 Å². The molecule has 10 nitrogen and oxygen atoms in total. The fourth-order valence-corrected chi connectivity index (χ4v) is 2.91. The summed E-state index contributed by atoms with van der Waals surface area (Å²) < 4.78 is 30.8. The molecule has 2 N–H and O–H groups in total. The Bertz CT molecular complexity index is 1020. The third kappa shape index (κ3) is 5.11. The van der Waals surface area contributed by atoms with E-state index in [1.807, 2.05) is 0 Å². The third-order valence-electron chi connectivity index (χ3n) is 3.63. The van der Waals surface area contributed by atoms with Gasteiger partial charge >= 0.3 is 5.97 Å². The summed E-state index contributed by atoms with van der Waals surface area (Å²) in [6.07, 6.45) is -1.23. The maximum absolute atomic E-state index is 12.2. The highest BCUT2D eigenvalue weighted by atomic mass is 32.2. The molecule has 1 amide bonds. The van der Waals surface area contributed by atoms with Gasteiger partial charge < -0.3 is 10.1 Å². The highest BCUT2D eigenvalue weighted by Crippen LogP contribution is 2.18. The zero-order valence-electron chi connectivity index (χ0n) is 14.9. The van der Waals surface area contributed by atoms with Crippen LogP contribution in [0.2, 0.25) is 0 Å². The highest BCUT2D eigenvalue weighted by molar-refractivity contribution is 7.89. The zero-order valence-corrected chi connectivity index (χ0v) is 15.7. The number of nitrogens with zero attached hydrogens (tertiary/aromatic N) is 1. The van der Waals surface area contributed by atoms with E-state index in [0.717, 1.165) is 6.07 Å². The van der Waals surface area contributed by atoms with Crippen LogP contribution in [-0.4, -0.2) is 38.4 Å². The molecule has 0 heterocycles. The maximum Gasteiger partial charge on any atom is 0.338 e. The number of rotatable bonds is 7. The Morgan fingerprint density at radius 3 is 2.46 bits per heavy atom. The fraction of sp³-hybridized carbons (Fsp3) is 0.176. The van der Waals surface area contributed by atoms with Gasteiger partial charge in [-0.25, -0.2) is 17.9 Å². The van der Waals surface area contributed by atoms with Crippen LogP contribution in [0.4, 0.5) is 11.4 Å². The monoisotopic (exact) mass is 407 g/mol. The van der Waals surface area contributed by atoms with Crippen molar-refractivity contribution in [2.24, 2.45) is 0 Å². The highest BCUT2D eigenvalue weighted by Gasteiger charge is 2.21. The lowest BCUT2D eigenvalue weighted by molar-refractivity contribution is -0.384. The number of nitro groups is 1. The van der Waals surface area contributed by atoms with Crippen molar-refractivity contribution in [3.8, 4) is 0 Å². The van der Waals surface area contributed by atoms with Gasteiger partial charge in [-0.2, -0.15) is 0 Å². The van der Waals surface area contributed by atoms with Crippen LogP contribution in [0.5, 0.6) is 0 Å². The molecule has 0 radical (unpaired) electrons. The summed E-state index contributed by atoms with van der Waals surface area (Å²) in [6.45, 7) is 1.32. The minimum atomic E-state index is -3.74. The van der Waals surface area contributed by atoms with Gasteiger partial charge in [0.2, 0.25) is 10.0 Å². The predicted octanol–water partition coefficient (Wildman–Crippen LogP) is 1.69. The first-order chi connectivity index (χ1) is 13.1. The molecule has 0 bridgehead atoms. The normalized spacial score (nSPS) is 12.1. The Hall–Kier alpha value is -3.31. The number of hydrogen-bond donors (Lipinski definition) is 2. The van der Waals surface area contributed by atoms with Gasteiger partial charge in [-0.15, -0.1) is 0 Å². The smallest absolute Gasteiger partial charge is 0.338 e. The predicted molar refractivity (Wildman–Crippen MR) is 99.3 cm³/mol. The number of benzene rings is 2. The van der Waals surface area contributed by atoms with Crippen LogP contribution in [0.15, 0.2) is 53.4 Å². The number of amides is 1. The molecule has 2 aromatic rings. The van der Waals surface area contributed by atoms with Crippen molar-refractivity contribution < 1.29 is 27.7 Å². The lowest BCUT2D eigenvalue weighted by Gasteiger charge is -2.14. The number of anilines is 1. The van der Waals surface area contributed by atoms with E-state index in [9.17, 15) is 28.1 Å². The van der Waals surface area contributed by atoms with E-state index >= 15 is 0 Å². The number of ether oxygens (including phenoxy) is 1. The largest absolute Gasteiger partial charge is 0.449 e. The summed E-state index contributed by atoms with van der Waals surface area (Å²) in [6, 6.07) is 10.4. The second-order valence-electron chi connectivity index (χ2n) is 5.58. The van der Waals surface area contributed by atoms with Crippen molar-refractivity contribution in [3.63, 3.8) is 0 Å². The summed E-state index contributed by atoms with van der Waals surface area (Å²) >= 11 is 0. The number of sulfonamides is 1. The molecule has 1 atom stereocenters. The number of non-ortho nitro benzene ring substituents is 1. The van der Waals surface area contributed by atoms with Gasteiger partial charge in [0.05, 0.1) is 15.4 Å². The molecule has 0 fully saturated rings. The van der Waals surface area contributed by atoms with Gasteiger partial charge in [0.25, 0.3) is 11.6 Å². The van der Waals surface area contributed by atoms with E-state index in [-0.39, 0.29) is 21.8 Å². The molecular formula is C17H17N3O7S. The first kappa shape index (κ1) is 21.0. The van der Waals surface area contributed by atoms with Crippen LogP contribution in [-0.2, 0) is 19.6 Å². The van der Waals surface area contributed by atoms with Gasteiger partial charge in [-0.3, -0.25) is 14.9 Å². The summed E-state index contributed by atoms with van der Waals surface area (Å²) in [5, 5.41) is 13.2. The molecule has 28 heavy (non-hydrogen) atoms. The van der Waals surface area contributed by atoms with Crippen molar-refractivity contribution in [2.45, 2.75) is 17.9 Å². The quantitative estimate of drug-likeness (QED) is 0.403. The molecule has 0 spiro atoms. The Labute approximate surface area is 160 Å². The van der Waals surface area contributed by atoms with E-state index in [1.165, 1.54) is 56.4 Å². The standard InChI is InChI=1S/C17H17N3O7S/c1-11(16(21)19-13-6-4-7-14(10-13)20(23)24)27-17(22)12-5-3-8-15(9-12)28(25,26)18-2/h3-11,18H,1-2H3,(H,19,21)/t11-/m0/s1. The topological polar surface area (TPSA) is 145 Å². The zero-order chi connectivity index (χ0) is 20.9. The number of hydrogen-bond acceptors (Lipinski definition) is 7. The third-order valence-corrected chi connectivity index (χ3v) is 5.04. The second kappa shape index (κ2) is 8.59. The number of nitrogens with one attached hydrogen (secondary N) is 2. The van der Waals surface area contributed by atoms with Crippen LogP contribution in [0, 0.1) is 10.1 Å². The van der Waals surface area contributed by atoms with E-state index in [0.29, 0.717) is 0 Å². The first-order valence-corrected chi connectivity index (χ1v) is 9.42. The van der Waals surface area contributed by atoms with Crippen LogP contribution in [0.1, 0.15) is 17.3 Å². The maximum atomic E-state index is 12.2. The average molecular weight is 407 g/mol. The Morgan fingerprint density at radius 1 is 1.14 bits per heavy atom. The molecule has 0 aliphatic rings. The summed E-state index contributed by atoms with van der Waals surface area (Å²) in [5.74, 6) is -1.59. The number of nitro benzene ring substituents is 1. The summed E-state index contributed by atoms with van der Waals surface area (Å²) in [7, 11) is -2.51. The molecule has 0 aliphatic heterocycles. The molecule has 0 aliphatic carbocycles. The molecule has 148 valence electrons. The van der Waals surface area contributed by atoms with Gasteiger partial charge in [-0.1, -0.05) is 12.1 Å². The molecule has 0 saturated heterocycles. The van der Waals surface area contributed by atoms with E-state index in [1.54, 1.807) is 0 Å². The van der Waals surface area contributed by atoms with Crippen LogP contribution in [0.3, 0.4) is 0 Å². The minimum Gasteiger partial charge on any atom is -0.449 e. The molecule has 0 aromatic heterocycles. The molecular weight excluding hydrogens is 390 g/mol. The molecule has 0 unspecified atom stereocenters.